The third-order valence-corrected chi connectivity index (χ3v) is 5.24. The van der Waals surface area contributed by atoms with Gasteiger partial charge >= 0.3 is 0 Å². The van der Waals surface area contributed by atoms with Crippen molar-refractivity contribution in [3.8, 4) is 0 Å². The maximum Gasteiger partial charge on any atom is 0.0438 e. The topological polar surface area (TPSA) is 12.0 Å². The first-order chi connectivity index (χ1) is 9.24. The first-order valence-corrected chi connectivity index (χ1v) is 8.04. The van der Waals surface area contributed by atoms with Crippen LogP contribution < -0.4 is 5.32 Å². The van der Waals surface area contributed by atoms with Crippen LogP contribution in [-0.2, 0) is 13.0 Å². The van der Waals surface area contributed by atoms with Gasteiger partial charge in [0.05, 0.1) is 0 Å². The fraction of sp³-hybridized carbons (Fsp3) is 0.375. The summed E-state index contributed by atoms with van der Waals surface area (Å²) in [5.74, 6) is 0. The van der Waals surface area contributed by atoms with Gasteiger partial charge in [-0.05, 0) is 60.4 Å². The molecule has 0 saturated heterocycles. The Balaban J connectivity index is 1.69. The fourth-order valence-electron chi connectivity index (χ4n) is 2.69. The van der Waals surface area contributed by atoms with Crippen LogP contribution in [0.2, 0.25) is 5.02 Å². The van der Waals surface area contributed by atoms with E-state index in [0.717, 1.165) is 17.1 Å². The molecule has 1 N–H and O–H groups in total. The lowest BCUT2D eigenvalue weighted by atomic mass is 9.94. The van der Waals surface area contributed by atoms with Gasteiger partial charge in [0.25, 0.3) is 0 Å². The molecule has 1 atom stereocenters. The van der Waals surface area contributed by atoms with Crippen molar-refractivity contribution in [3.05, 3.63) is 56.2 Å². The Hall–Kier alpha value is -0.830. The van der Waals surface area contributed by atoms with Crippen LogP contribution in [0.15, 0.2) is 29.6 Å². The van der Waals surface area contributed by atoms with Crippen molar-refractivity contribution in [2.45, 2.75) is 38.8 Å². The maximum atomic E-state index is 6.17. The third-order valence-electron chi connectivity index (χ3n) is 3.84. The molecule has 0 aliphatic heterocycles. The number of thiophene rings is 1. The molecule has 0 bridgehead atoms. The van der Waals surface area contributed by atoms with Crippen LogP contribution in [0.25, 0.3) is 0 Å². The molecule has 0 spiro atoms. The molecule has 1 unspecified atom stereocenters. The molecular weight excluding hydrogens is 274 g/mol. The zero-order chi connectivity index (χ0) is 13.2. The van der Waals surface area contributed by atoms with Gasteiger partial charge in [0, 0.05) is 22.5 Å². The minimum absolute atomic E-state index is 0.509. The molecule has 100 valence electrons. The molecule has 1 aromatic carbocycles. The van der Waals surface area contributed by atoms with Crippen molar-refractivity contribution in [3.63, 3.8) is 0 Å². The maximum absolute atomic E-state index is 6.17. The fourth-order valence-corrected chi connectivity index (χ4v) is 3.88. The quantitative estimate of drug-likeness (QED) is 0.850. The van der Waals surface area contributed by atoms with Gasteiger partial charge in [-0.2, -0.15) is 0 Å². The number of fused-ring (bicyclic) bond motifs is 1. The summed E-state index contributed by atoms with van der Waals surface area (Å²) in [5, 5.41) is 6.75. The molecule has 3 rings (SSSR count). The van der Waals surface area contributed by atoms with Crippen LogP contribution in [0.1, 0.15) is 40.5 Å². The number of rotatable bonds is 3. The average molecular weight is 292 g/mol. The minimum Gasteiger partial charge on any atom is -0.306 e. The van der Waals surface area contributed by atoms with Gasteiger partial charge in [-0.15, -0.1) is 11.3 Å². The van der Waals surface area contributed by atoms with Gasteiger partial charge in [-0.25, -0.2) is 0 Å². The standard InChI is InChI=1S/C16H18ClNS/c1-11-5-6-12(9-14(11)17)10-18-15-3-2-4-16-13(15)7-8-19-16/h5-9,15,18H,2-4,10H2,1H3. The van der Waals surface area contributed by atoms with Crippen LogP contribution in [0.3, 0.4) is 0 Å². The summed E-state index contributed by atoms with van der Waals surface area (Å²) in [6.07, 6.45) is 3.78. The third kappa shape index (κ3) is 2.86. The molecule has 0 saturated carbocycles. The lowest BCUT2D eigenvalue weighted by Gasteiger charge is -2.24. The number of hydrogen-bond donors (Lipinski definition) is 1. The summed E-state index contributed by atoms with van der Waals surface area (Å²) in [7, 11) is 0. The van der Waals surface area contributed by atoms with Crippen molar-refractivity contribution < 1.29 is 0 Å². The van der Waals surface area contributed by atoms with Gasteiger partial charge in [0.15, 0.2) is 0 Å². The van der Waals surface area contributed by atoms with E-state index in [0.29, 0.717) is 6.04 Å². The van der Waals surface area contributed by atoms with E-state index in [1.54, 1.807) is 4.88 Å². The minimum atomic E-state index is 0.509. The number of hydrogen-bond acceptors (Lipinski definition) is 2. The lowest BCUT2D eigenvalue weighted by molar-refractivity contribution is 0.463. The number of nitrogens with one attached hydrogen (secondary N) is 1. The second-order valence-electron chi connectivity index (χ2n) is 5.21. The Morgan fingerprint density at radius 1 is 1.37 bits per heavy atom. The number of benzene rings is 1. The van der Waals surface area contributed by atoms with Gasteiger partial charge in [0.2, 0.25) is 0 Å². The van der Waals surface area contributed by atoms with Crippen molar-refractivity contribution in [1.29, 1.82) is 0 Å². The van der Waals surface area contributed by atoms with Gasteiger partial charge in [-0.3, -0.25) is 0 Å². The average Bonchev–Trinajstić information content (AvgIpc) is 2.89. The molecule has 1 heterocycles. The van der Waals surface area contributed by atoms with Crippen LogP contribution in [0.5, 0.6) is 0 Å². The van der Waals surface area contributed by atoms with Crippen LogP contribution in [0, 0.1) is 6.92 Å². The van der Waals surface area contributed by atoms with Crippen LogP contribution in [-0.4, -0.2) is 0 Å². The van der Waals surface area contributed by atoms with E-state index in [2.05, 4.69) is 35.0 Å². The summed E-state index contributed by atoms with van der Waals surface area (Å²) >= 11 is 8.07. The van der Waals surface area contributed by atoms with E-state index in [1.807, 2.05) is 18.3 Å². The summed E-state index contributed by atoms with van der Waals surface area (Å²) in [4.78, 5) is 1.56. The molecule has 1 aromatic heterocycles. The first-order valence-electron chi connectivity index (χ1n) is 6.79. The Labute approximate surface area is 123 Å². The molecule has 1 nitrogen and oxygen atoms in total. The molecule has 0 fully saturated rings. The van der Waals surface area contributed by atoms with E-state index >= 15 is 0 Å². The second-order valence-corrected chi connectivity index (χ2v) is 6.62. The summed E-state index contributed by atoms with van der Waals surface area (Å²) in [5.41, 5.74) is 3.91. The van der Waals surface area contributed by atoms with E-state index in [-0.39, 0.29) is 0 Å². The molecule has 19 heavy (non-hydrogen) atoms. The van der Waals surface area contributed by atoms with Crippen LogP contribution >= 0.6 is 22.9 Å². The second kappa shape index (κ2) is 5.66. The number of halogens is 1. The predicted molar refractivity (Wildman–Crippen MR) is 83.0 cm³/mol. The molecular formula is C16H18ClNS. The SMILES string of the molecule is Cc1ccc(CNC2CCCc3sccc32)cc1Cl. The number of aryl methyl sites for hydroxylation is 2. The van der Waals surface area contributed by atoms with Gasteiger partial charge in [-0.1, -0.05) is 23.7 Å². The predicted octanol–water partition coefficient (Wildman–Crippen LogP) is 4.88. The highest BCUT2D eigenvalue weighted by atomic mass is 35.5. The molecule has 1 aliphatic carbocycles. The highest BCUT2D eigenvalue weighted by Gasteiger charge is 2.20. The van der Waals surface area contributed by atoms with E-state index in [9.17, 15) is 0 Å². The summed E-state index contributed by atoms with van der Waals surface area (Å²) < 4.78 is 0. The Morgan fingerprint density at radius 3 is 3.11 bits per heavy atom. The molecule has 0 radical (unpaired) electrons. The normalized spacial score (nSPS) is 18.3. The van der Waals surface area contributed by atoms with E-state index < -0.39 is 0 Å². The van der Waals surface area contributed by atoms with Crippen molar-refractivity contribution >= 4 is 22.9 Å². The molecule has 2 aromatic rings. The highest BCUT2D eigenvalue weighted by molar-refractivity contribution is 7.10. The highest BCUT2D eigenvalue weighted by Crippen LogP contribution is 2.33. The Bertz CT molecular complexity index is 576. The van der Waals surface area contributed by atoms with Crippen LogP contribution in [0.4, 0.5) is 0 Å². The molecule has 3 heteroatoms. The van der Waals surface area contributed by atoms with Gasteiger partial charge < -0.3 is 5.32 Å². The first kappa shape index (κ1) is 13.2. The molecule has 1 aliphatic rings. The van der Waals surface area contributed by atoms with Crippen molar-refractivity contribution in [1.82, 2.24) is 5.32 Å². The Morgan fingerprint density at radius 2 is 2.26 bits per heavy atom. The molecule has 0 amide bonds. The van der Waals surface area contributed by atoms with E-state index in [4.69, 9.17) is 11.6 Å². The monoisotopic (exact) mass is 291 g/mol. The van der Waals surface area contributed by atoms with Gasteiger partial charge in [0.1, 0.15) is 0 Å². The van der Waals surface area contributed by atoms with E-state index in [1.165, 1.54) is 30.4 Å². The van der Waals surface area contributed by atoms with Crippen molar-refractivity contribution in [2.24, 2.45) is 0 Å². The zero-order valence-corrected chi connectivity index (χ0v) is 12.7. The lowest BCUT2D eigenvalue weighted by Crippen LogP contribution is -2.23. The summed E-state index contributed by atoms with van der Waals surface area (Å²) in [6.45, 7) is 2.93. The van der Waals surface area contributed by atoms with Crippen molar-refractivity contribution in [2.75, 3.05) is 0 Å². The summed E-state index contributed by atoms with van der Waals surface area (Å²) in [6, 6.07) is 9.11. The smallest absolute Gasteiger partial charge is 0.0438 e. The Kier molecular flexibility index (Phi) is 3.92. The largest absolute Gasteiger partial charge is 0.306 e. The zero-order valence-electron chi connectivity index (χ0n) is 11.1.